The standard InChI is InChI=1S/C18H21N.C2H6/c1-15-7-4-5-9-18(15)17-12-10-16(11-13-17)8-3-2-6-14-19;1-2/h2-4,6-7,10-14H,5,8-9,19H2,1H3;1-2H3/b3-2-,14-6-;. The van der Waals surface area contributed by atoms with Crippen molar-refractivity contribution in [2.75, 3.05) is 0 Å². The average Bonchev–Trinajstić information content (AvgIpc) is 2.55. The highest BCUT2D eigenvalue weighted by Crippen LogP contribution is 2.28. The van der Waals surface area contributed by atoms with E-state index in [1.807, 2.05) is 26.0 Å². The van der Waals surface area contributed by atoms with Crippen molar-refractivity contribution in [3.63, 3.8) is 0 Å². The molecule has 1 aromatic carbocycles. The van der Waals surface area contributed by atoms with Gasteiger partial charge in [0.05, 0.1) is 0 Å². The van der Waals surface area contributed by atoms with Gasteiger partial charge in [-0.05, 0) is 60.7 Å². The molecule has 112 valence electrons. The number of benzene rings is 1. The minimum atomic E-state index is 0.947. The lowest BCUT2D eigenvalue weighted by atomic mass is 9.92. The summed E-state index contributed by atoms with van der Waals surface area (Å²) in [6, 6.07) is 8.90. The van der Waals surface area contributed by atoms with E-state index in [2.05, 4.69) is 49.4 Å². The predicted molar refractivity (Wildman–Crippen MR) is 94.9 cm³/mol. The van der Waals surface area contributed by atoms with Gasteiger partial charge in [-0.2, -0.15) is 0 Å². The molecule has 1 nitrogen and oxygen atoms in total. The van der Waals surface area contributed by atoms with E-state index in [4.69, 9.17) is 5.73 Å². The summed E-state index contributed by atoms with van der Waals surface area (Å²) in [5.41, 5.74) is 10.8. The van der Waals surface area contributed by atoms with E-state index in [9.17, 15) is 0 Å². The van der Waals surface area contributed by atoms with Gasteiger partial charge in [0.2, 0.25) is 0 Å². The van der Waals surface area contributed by atoms with Gasteiger partial charge < -0.3 is 5.73 Å². The molecule has 1 aliphatic carbocycles. The van der Waals surface area contributed by atoms with Gasteiger partial charge in [0.15, 0.2) is 0 Å². The first kappa shape index (κ1) is 17.0. The normalized spacial score (nSPS) is 14.6. The van der Waals surface area contributed by atoms with Crippen LogP contribution in [0.1, 0.15) is 44.7 Å². The van der Waals surface area contributed by atoms with Crippen molar-refractivity contribution in [1.82, 2.24) is 0 Å². The quantitative estimate of drug-likeness (QED) is 0.734. The first-order chi connectivity index (χ1) is 10.3. The molecule has 0 aliphatic heterocycles. The van der Waals surface area contributed by atoms with Crippen molar-refractivity contribution in [2.24, 2.45) is 5.73 Å². The smallest absolute Gasteiger partial charge is 0.00625 e. The Morgan fingerprint density at radius 1 is 1.10 bits per heavy atom. The second-order valence-corrected chi connectivity index (χ2v) is 4.82. The molecule has 0 amide bonds. The molecular formula is C20H27N. The van der Waals surface area contributed by atoms with Crippen molar-refractivity contribution in [3.05, 3.63) is 77.5 Å². The Kier molecular flexibility index (Phi) is 7.96. The molecule has 2 rings (SSSR count). The summed E-state index contributed by atoms with van der Waals surface area (Å²) in [6.07, 6.45) is 15.2. The Bertz CT molecular complexity index is 527. The van der Waals surface area contributed by atoms with Gasteiger partial charge in [-0.1, -0.05) is 62.4 Å². The minimum Gasteiger partial charge on any atom is -0.405 e. The van der Waals surface area contributed by atoms with Crippen LogP contribution >= 0.6 is 0 Å². The molecule has 0 bridgehead atoms. The highest BCUT2D eigenvalue weighted by Gasteiger charge is 2.07. The highest BCUT2D eigenvalue weighted by atomic mass is 14.5. The molecule has 0 aromatic heterocycles. The molecule has 1 heteroatoms. The average molecular weight is 281 g/mol. The van der Waals surface area contributed by atoms with E-state index in [-0.39, 0.29) is 0 Å². The van der Waals surface area contributed by atoms with Crippen molar-refractivity contribution >= 4 is 5.57 Å². The highest BCUT2D eigenvalue weighted by molar-refractivity contribution is 5.71. The zero-order chi connectivity index (χ0) is 15.5. The van der Waals surface area contributed by atoms with Crippen LogP contribution in [0.15, 0.2) is 66.4 Å². The first-order valence-electron chi connectivity index (χ1n) is 7.80. The first-order valence-corrected chi connectivity index (χ1v) is 7.80. The molecule has 1 aromatic rings. The monoisotopic (exact) mass is 281 g/mol. The van der Waals surface area contributed by atoms with Crippen LogP contribution in [0.25, 0.3) is 5.57 Å². The van der Waals surface area contributed by atoms with Gasteiger partial charge in [0.25, 0.3) is 0 Å². The van der Waals surface area contributed by atoms with E-state index in [1.165, 1.54) is 22.3 Å². The van der Waals surface area contributed by atoms with Crippen molar-refractivity contribution in [1.29, 1.82) is 0 Å². The third-order valence-corrected chi connectivity index (χ3v) is 3.42. The lowest BCUT2D eigenvalue weighted by Gasteiger charge is -2.13. The van der Waals surface area contributed by atoms with Crippen LogP contribution in [0, 0.1) is 0 Å². The van der Waals surface area contributed by atoms with Crippen molar-refractivity contribution in [2.45, 2.75) is 40.0 Å². The fraction of sp³-hybridized carbons (Fsp3) is 0.300. The number of rotatable bonds is 4. The van der Waals surface area contributed by atoms with Crippen molar-refractivity contribution in [3.8, 4) is 0 Å². The molecule has 1 aliphatic rings. The molecule has 2 N–H and O–H groups in total. The van der Waals surface area contributed by atoms with Gasteiger partial charge in [-0.3, -0.25) is 0 Å². The summed E-state index contributed by atoms with van der Waals surface area (Å²) < 4.78 is 0. The molecule has 0 radical (unpaired) electrons. The molecule has 0 spiro atoms. The Morgan fingerprint density at radius 3 is 2.43 bits per heavy atom. The SMILES string of the molecule is CC.CC1=C(c2ccc(C/C=C\C=C/N)cc2)CCC=C1. The van der Waals surface area contributed by atoms with Gasteiger partial charge in [0, 0.05) is 0 Å². The second kappa shape index (κ2) is 9.82. The molecule has 0 saturated heterocycles. The lowest BCUT2D eigenvalue weighted by molar-refractivity contribution is 1.04. The summed E-state index contributed by atoms with van der Waals surface area (Å²) in [5.74, 6) is 0. The maximum Gasteiger partial charge on any atom is -0.00625 e. The molecule has 0 atom stereocenters. The Labute approximate surface area is 129 Å². The third-order valence-electron chi connectivity index (χ3n) is 3.42. The summed E-state index contributed by atoms with van der Waals surface area (Å²) in [4.78, 5) is 0. The summed E-state index contributed by atoms with van der Waals surface area (Å²) >= 11 is 0. The van der Waals surface area contributed by atoms with Gasteiger partial charge >= 0.3 is 0 Å². The summed E-state index contributed by atoms with van der Waals surface area (Å²) in [6.45, 7) is 6.20. The number of allylic oxidation sites excluding steroid dienone is 7. The Balaban J connectivity index is 0.00000106. The molecule has 0 heterocycles. The van der Waals surface area contributed by atoms with Crippen LogP contribution < -0.4 is 5.73 Å². The second-order valence-electron chi connectivity index (χ2n) is 4.82. The van der Waals surface area contributed by atoms with Crippen LogP contribution in [-0.2, 0) is 6.42 Å². The fourth-order valence-electron chi connectivity index (χ4n) is 2.35. The Morgan fingerprint density at radius 2 is 1.81 bits per heavy atom. The van der Waals surface area contributed by atoms with E-state index in [1.54, 1.807) is 6.20 Å². The predicted octanol–water partition coefficient (Wildman–Crippen LogP) is 5.41. The molecule has 0 unspecified atom stereocenters. The Hall–Kier alpha value is -2.02. The van der Waals surface area contributed by atoms with Crippen LogP contribution in [0.3, 0.4) is 0 Å². The fourth-order valence-corrected chi connectivity index (χ4v) is 2.35. The van der Waals surface area contributed by atoms with Crippen LogP contribution in [-0.4, -0.2) is 0 Å². The molecule has 0 saturated carbocycles. The minimum absolute atomic E-state index is 0.947. The topological polar surface area (TPSA) is 26.0 Å². The van der Waals surface area contributed by atoms with Crippen LogP contribution in [0.5, 0.6) is 0 Å². The number of hydrogen-bond donors (Lipinski definition) is 1. The largest absolute Gasteiger partial charge is 0.405 e. The molecular weight excluding hydrogens is 254 g/mol. The van der Waals surface area contributed by atoms with Crippen molar-refractivity contribution < 1.29 is 0 Å². The maximum atomic E-state index is 5.28. The van der Waals surface area contributed by atoms with E-state index < -0.39 is 0 Å². The summed E-state index contributed by atoms with van der Waals surface area (Å²) in [5, 5.41) is 0. The maximum absolute atomic E-state index is 5.28. The van der Waals surface area contributed by atoms with Gasteiger partial charge in [-0.15, -0.1) is 0 Å². The van der Waals surface area contributed by atoms with Gasteiger partial charge in [-0.25, -0.2) is 0 Å². The number of hydrogen-bond acceptors (Lipinski definition) is 1. The van der Waals surface area contributed by atoms with Gasteiger partial charge in [0.1, 0.15) is 0 Å². The zero-order valence-corrected chi connectivity index (χ0v) is 13.5. The third kappa shape index (κ3) is 5.47. The lowest BCUT2D eigenvalue weighted by Crippen LogP contribution is -1.93. The molecule has 0 fully saturated rings. The van der Waals surface area contributed by atoms with Crippen LogP contribution in [0.2, 0.25) is 0 Å². The van der Waals surface area contributed by atoms with E-state index in [0.717, 1.165) is 19.3 Å². The zero-order valence-electron chi connectivity index (χ0n) is 13.5. The number of nitrogens with two attached hydrogens (primary N) is 1. The van der Waals surface area contributed by atoms with E-state index >= 15 is 0 Å². The van der Waals surface area contributed by atoms with E-state index in [0.29, 0.717) is 0 Å². The van der Waals surface area contributed by atoms with Crippen LogP contribution in [0.4, 0.5) is 0 Å². The molecule has 21 heavy (non-hydrogen) atoms. The summed E-state index contributed by atoms with van der Waals surface area (Å²) in [7, 11) is 0.